The molecular formula is C8H14. The molecule has 1 rings (SSSR count). The Bertz CT molecular complexity index is 101. The molecule has 1 aliphatic carbocycles. The normalized spacial score (nSPS) is 34.2. The molecule has 8 heavy (non-hydrogen) atoms. The Hall–Kier alpha value is -0.260. The van der Waals surface area contributed by atoms with Crippen LogP contribution >= 0.6 is 0 Å². The van der Waals surface area contributed by atoms with Crippen LogP contribution in [0, 0.1) is 5.92 Å². The third-order valence-electron chi connectivity index (χ3n) is 1.98. The first kappa shape index (κ1) is 5.87. The highest BCUT2D eigenvalue weighted by molar-refractivity contribution is 5.05. The molecule has 1 atom stereocenters. The van der Waals surface area contributed by atoms with Gasteiger partial charge in [-0.1, -0.05) is 18.6 Å². The fourth-order valence-corrected chi connectivity index (χ4v) is 1.35. The van der Waals surface area contributed by atoms with Crippen molar-refractivity contribution in [3.8, 4) is 0 Å². The third kappa shape index (κ3) is 1.12. The summed E-state index contributed by atoms with van der Waals surface area (Å²) in [5, 5.41) is 0. The van der Waals surface area contributed by atoms with Crippen molar-refractivity contribution < 1.29 is 0 Å². The van der Waals surface area contributed by atoms with Gasteiger partial charge in [0.25, 0.3) is 0 Å². The largest absolute Gasteiger partial charge is 0.0884 e. The van der Waals surface area contributed by atoms with E-state index in [9.17, 15) is 0 Å². The monoisotopic (exact) mass is 110 g/mol. The lowest BCUT2D eigenvalue weighted by Crippen LogP contribution is -1.79. The van der Waals surface area contributed by atoms with Gasteiger partial charge in [-0.3, -0.25) is 0 Å². The highest BCUT2D eigenvalue weighted by Gasteiger charge is 2.12. The number of allylic oxidation sites excluding steroid dienone is 2. The van der Waals surface area contributed by atoms with Crippen molar-refractivity contribution in [1.29, 1.82) is 0 Å². The first-order valence-electron chi connectivity index (χ1n) is 3.47. The number of rotatable bonds is 0. The molecule has 1 saturated carbocycles. The maximum absolute atomic E-state index is 2.33. The van der Waals surface area contributed by atoms with Crippen molar-refractivity contribution in [2.45, 2.75) is 33.1 Å². The molecule has 1 fully saturated rings. The van der Waals surface area contributed by atoms with Crippen LogP contribution in [0.3, 0.4) is 0 Å². The van der Waals surface area contributed by atoms with Gasteiger partial charge in [0.2, 0.25) is 0 Å². The predicted molar refractivity (Wildman–Crippen MR) is 36.8 cm³/mol. The zero-order chi connectivity index (χ0) is 5.98. The molecule has 0 amide bonds. The van der Waals surface area contributed by atoms with Gasteiger partial charge in [0.1, 0.15) is 0 Å². The average molecular weight is 110 g/mol. The zero-order valence-electron chi connectivity index (χ0n) is 5.78. The molecule has 0 aromatic rings. The van der Waals surface area contributed by atoms with Crippen LogP contribution in [0.1, 0.15) is 33.1 Å². The summed E-state index contributed by atoms with van der Waals surface area (Å²) in [6, 6.07) is 0. The van der Waals surface area contributed by atoms with Gasteiger partial charge in [-0.25, -0.2) is 0 Å². The highest BCUT2D eigenvalue weighted by atomic mass is 14.2. The molecule has 0 bridgehead atoms. The van der Waals surface area contributed by atoms with Crippen molar-refractivity contribution >= 4 is 0 Å². The first-order chi connectivity index (χ1) is 3.83. The van der Waals surface area contributed by atoms with E-state index in [-0.39, 0.29) is 0 Å². The molecule has 0 nitrogen and oxygen atoms in total. The Labute approximate surface area is 51.6 Å². The van der Waals surface area contributed by atoms with Gasteiger partial charge < -0.3 is 0 Å². The third-order valence-corrected chi connectivity index (χ3v) is 1.98. The number of hydrogen-bond acceptors (Lipinski definition) is 0. The molecule has 46 valence electrons. The average Bonchev–Trinajstić information content (AvgIpc) is 2.14. The van der Waals surface area contributed by atoms with Gasteiger partial charge in [-0.15, -0.1) is 0 Å². The minimum Gasteiger partial charge on any atom is -0.0884 e. The quantitative estimate of drug-likeness (QED) is 0.420. The van der Waals surface area contributed by atoms with E-state index < -0.39 is 0 Å². The van der Waals surface area contributed by atoms with Gasteiger partial charge in [-0.05, 0) is 32.1 Å². The summed E-state index contributed by atoms with van der Waals surface area (Å²) in [4.78, 5) is 0. The maximum Gasteiger partial charge on any atom is -0.0294 e. The molecule has 0 aliphatic heterocycles. The van der Waals surface area contributed by atoms with Gasteiger partial charge in [-0.2, -0.15) is 0 Å². The van der Waals surface area contributed by atoms with Crippen molar-refractivity contribution in [2.24, 2.45) is 5.92 Å². The molecule has 0 aromatic heterocycles. The summed E-state index contributed by atoms with van der Waals surface area (Å²) < 4.78 is 0. The van der Waals surface area contributed by atoms with Gasteiger partial charge in [0, 0.05) is 0 Å². The van der Waals surface area contributed by atoms with E-state index in [4.69, 9.17) is 0 Å². The summed E-state index contributed by atoms with van der Waals surface area (Å²) in [5.41, 5.74) is 1.66. The minimum absolute atomic E-state index is 0.959. The van der Waals surface area contributed by atoms with Crippen LogP contribution in [-0.4, -0.2) is 0 Å². The van der Waals surface area contributed by atoms with Gasteiger partial charge in [0.05, 0.1) is 0 Å². The van der Waals surface area contributed by atoms with Crippen molar-refractivity contribution in [2.75, 3.05) is 0 Å². The van der Waals surface area contributed by atoms with Gasteiger partial charge >= 0.3 is 0 Å². The lowest BCUT2D eigenvalue weighted by molar-refractivity contribution is 0.620. The first-order valence-corrected chi connectivity index (χ1v) is 3.47. The highest BCUT2D eigenvalue weighted by Crippen LogP contribution is 2.28. The SMILES string of the molecule is C/C=C1/CC[C@H](C)C1. The van der Waals surface area contributed by atoms with E-state index in [2.05, 4.69) is 19.9 Å². The smallest absolute Gasteiger partial charge is 0.0294 e. The van der Waals surface area contributed by atoms with Crippen molar-refractivity contribution in [3.05, 3.63) is 11.6 Å². The van der Waals surface area contributed by atoms with Crippen LogP contribution in [0.25, 0.3) is 0 Å². The molecule has 0 radical (unpaired) electrons. The van der Waals surface area contributed by atoms with Crippen LogP contribution in [0.2, 0.25) is 0 Å². The van der Waals surface area contributed by atoms with E-state index in [0.717, 1.165) is 5.92 Å². The van der Waals surface area contributed by atoms with Crippen LogP contribution < -0.4 is 0 Å². The fourth-order valence-electron chi connectivity index (χ4n) is 1.35. The molecule has 0 saturated heterocycles. The summed E-state index contributed by atoms with van der Waals surface area (Å²) >= 11 is 0. The van der Waals surface area contributed by atoms with E-state index in [0.29, 0.717) is 0 Å². The molecule has 0 aromatic carbocycles. The van der Waals surface area contributed by atoms with Crippen molar-refractivity contribution in [1.82, 2.24) is 0 Å². The molecule has 1 aliphatic rings. The standard InChI is InChI=1S/C8H14/c1-3-8-5-4-7(2)6-8/h3,7H,4-6H2,1-2H3/b8-3-/t7-/m0/s1. The summed E-state index contributed by atoms with van der Waals surface area (Å²) in [7, 11) is 0. The summed E-state index contributed by atoms with van der Waals surface area (Å²) in [6.45, 7) is 4.48. The fraction of sp³-hybridized carbons (Fsp3) is 0.750. The minimum atomic E-state index is 0.959. The molecular weight excluding hydrogens is 96.1 g/mol. The van der Waals surface area contributed by atoms with Crippen LogP contribution in [0.5, 0.6) is 0 Å². The lowest BCUT2D eigenvalue weighted by Gasteiger charge is -1.93. The Morgan fingerprint density at radius 3 is 2.62 bits per heavy atom. The van der Waals surface area contributed by atoms with E-state index in [1.54, 1.807) is 5.57 Å². The van der Waals surface area contributed by atoms with Crippen molar-refractivity contribution in [3.63, 3.8) is 0 Å². The lowest BCUT2D eigenvalue weighted by atomic mass is 10.1. The molecule has 0 spiro atoms. The number of hydrogen-bond donors (Lipinski definition) is 0. The Balaban J connectivity index is 2.44. The molecule has 0 heterocycles. The second-order valence-corrected chi connectivity index (χ2v) is 2.79. The Morgan fingerprint density at radius 2 is 2.38 bits per heavy atom. The summed E-state index contributed by atoms with van der Waals surface area (Å²) in [5.74, 6) is 0.959. The Kier molecular flexibility index (Phi) is 1.72. The van der Waals surface area contributed by atoms with Crippen LogP contribution in [0.15, 0.2) is 11.6 Å². The second-order valence-electron chi connectivity index (χ2n) is 2.79. The van der Waals surface area contributed by atoms with Crippen LogP contribution in [-0.2, 0) is 0 Å². The second kappa shape index (κ2) is 2.34. The molecule has 0 N–H and O–H groups in total. The maximum atomic E-state index is 2.33. The Morgan fingerprint density at radius 1 is 1.62 bits per heavy atom. The van der Waals surface area contributed by atoms with Gasteiger partial charge in [0.15, 0.2) is 0 Å². The predicted octanol–water partition coefficient (Wildman–Crippen LogP) is 2.75. The molecule has 0 heteroatoms. The van der Waals surface area contributed by atoms with E-state index >= 15 is 0 Å². The summed E-state index contributed by atoms with van der Waals surface area (Å²) in [6.07, 6.45) is 6.40. The zero-order valence-corrected chi connectivity index (χ0v) is 5.78. The topological polar surface area (TPSA) is 0 Å². The molecule has 0 unspecified atom stereocenters. The van der Waals surface area contributed by atoms with E-state index in [1.807, 2.05) is 0 Å². The van der Waals surface area contributed by atoms with Crippen LogP contribution in [0.4, 0.5) is 0 Å². The van der Waals surface area contributed by atoms with E-state index in [1.165, 1.54) is 19.3 Å².